The minimum absolute atomic E-state index is 1.11. The Labute approximate surface area is 80.8 Å². The van der Waals surface area contributed by atoms with E-state index in [2.05, 4.69) is 30.7 Å². The summed E-state index contributed by atoms with van der Waals surface area (Å²) in [6.45, 7) is 6.38. The lowest BCUT2D eigenvalue weighted by atomic mass is 10.1. The lowest BCUT2D eigenvalue weighted by Gasteiger charge is -1.96. The summed E-state index contributed by atoms with van der Waals surface area (Å²) in [5.41, 5.74) is 2.36. The predicted octanol–water partition coefficient (Wildman–Crippen LogP) is 3.15. The topological polar surface area (TPSA) is 28.7 Å². The van der Waals surface area contributed by atoms with Crippen molar-refractivity contribution in [3.8, 4) is 0 Å². The van der Waals surface area contributed by atoms with Crippen LogP contribution in [0.2, 0.25) is 0 Å². The molecular weight excluding hydrogens is 160 g/mol. The van der Waals surface area contributed by atoms with Crippen molar-refractivity contribution in [2.45, 2.75) is 52.9 Å². The molecule has 74 valence electrons. The Hall–Kier alpha value is -0.790. The number of hydrogen-bond acceptors (Lipinski definition) is 1. The zero-order chi connectivity index (χ0) is 9.68. The second-order valence-electron chi connectivity index (χ2n) is 3.70. The van der Waals surface area contributed by atoms with E-state index in [9.17, 15) is 0 Å². The van der Waals surface area contributed by atoms with Gasteiger partial charge in [-0.1, -0.05) is 26.2 Å². The second-order valence-corrected chi connectivity index (χ2v) is 3.70. The molecule has 0 aromatic carbocycles. The molecule has 0 unspecified atom stereocenters. The highest BCUT2D eigenvalue weighted by molar-refractivity contribution is 5.10. The van der Waals surface area contributed by atoms with Crippen LogP contribution in [-0.2, 0) is 6.42 Å². The molecule has 0 fully saturated rings. The highest BCUT2D eigenvalue weighted by Gasteiger charge is 2.00. The Bertz CT molecular complexity index is 231. The molecule has 1 aromatic rings. The van der Waals surface area contributed by atoms with Crippen LogP contribution in [0, 0.1) is 13.8 Å². The molecule has 0 amide bonds. The lowest BCUT2D eigenvalue weighted by Crippen LogP contribution is -1.88. The predicted molar refractivity (Wildman–Crippen MR) is 55.9 cm³/mol. The fourth-order valence-corrected chi connectivity index (χ4v) is 1.46. The smallest absolute Gasteiger partial charge is 0.106 e. The summed E-state index contributed by atoms with van der Waals surface area (Å²) < 4.78 is 0. The molecule has 0 aliphatic heterocycles. The number of rotatable bonds is 5. The SMILES string of the molecule is CCCCCCc1nc(C)c(C)[nH]1. The molecule has 1 aromatic heterocycles. The van der Waals surface area contributed by atoms with E-state index < -0.39 is 0 Å². The van der Waals surface area contributed by atoms with Crippen LogP contribution < -0.4 is 0 Å². The molecule has 1 heterocycles. The summed E-state index contributed by atoms with van der Waals surface area (Å²) in [5, 5.41) is 0. The zero-order valence-corrected chi connectivity index (χ0v) is 8.98. The Morgan fingerprint density at radius 3 is 2.46 bits per heavy atom. The molecule has 0 saturated carbocycles. The fraction of sp³-hybridized carbons (Fsp3) is 0.727. The summed E-state index contributed by atoms with van der Waals surface area (Å²) in [6.07, 6.45) is 6.35. The zero-order valence-electron chi connectivity index (χ0n) is 8.98. The van der Waals surface area contributed by atoms with E-state index >= 15 is 0 Å². The summed E-state index contributed by atoms with van der Waals surface area (Å²) in [5.74, 6) is 1.16. The van der Waals surface area contributed by atoms with Gasteiger partial charge in [0.1, 0.15) is 5.82 Å². The van der Waals surface area contributed by atoms with E-state index in [4.69, 9.17) is 0 Å². The molecule has 0 atom stereocenters. The van der Waals surface area contributed by atoms with Crippen molar-refractivity contribution >= 4 is 0 Å². The maximum absolute atomic E-state index is 4.45. The van der Waals surface area contributed by atoms with Crippen LogP contribution in [0.15, 0.2) is 0 Å². The van der Waals surface area contributed by atoms with Gasteiger partial charge in [0.05, 0.1) is 5.69 Å². The molecule has 2 nitrogen and oxygen atoms in total. The first kappa shape index (κ1) is 10.3. The molecule has 0 bridgehead atoms. The highest BCUT2D eigenvalue weighted by atomic mass is 14.9. The van der Waals surface area contributed by atoms with Crippen LogP contribution in [0.4, 0.5) is 0 Å². The first-order valence-electron chi connectivity index (χ1n) is 5.26. The Morgan fingerprint density at radius 2 is 1.92 bits per heavy atom. The first-order valence-corrected chi connectivity index (χ1v) is 5.26. The molecule has 0 spiro atoms. The number of aromatic nitrogens is 2. The number of hydrogen-bond donors (Lipinski definition) is 1. The van der Waals surface area contributed by atoms with Gasteiger partial charge >= 0.3 is 0 Å². The first-order chi connectivity index (χ1) is 6.24. The third kappa shape index (κ3) is 3.21. The number of H-pyrrole nitrogens is 1. The van der Waals surface area contributed by atoms with Gasteiger partial charge in [0.25, 0.3) is 0 Å². The number of nitrogens with one attached hydrogen (secondary N) is 1. The summed E-state index contributed by atoms with van der Waals surface area (Å²) in [4.78, 5) is 7.76. The van der Waals surface area contributed by atoms with E-state index in [1.807, 2.05) is 0 Å². The largest absolute Gasteiger partial charge is 0.346 e. The van der Waals surface area contributed by atoms with Gasteiger partial charge in [-0.25, -0.2) is 4.98 Å². The number of nitrogens with zero attached hydrogens (tertiary/aromatic N) is 1. The monoisotopic (exact) mass is 180 g/mol. The molecule has 0 aliphatic rings. The second kappa shape index (κ2) is 5.05. The van der Waals surface area contributed by atoms with Gasteiger partial charge in [-0.15, -0.1) is 0 Å². The van der Waals surface area contributed by atoms with Gasteiger partial charge in [-0.2, -0.15) is 0 Å². The van der Waals surface area contributed by atoms with E-state index in [0.29, 0.717) is 0 Å². The van der Waals surface area contributed by atoms with Crippen LogP contribution >= 0.6 is 0 Å². The van der Waals surface area contributed by atoms with Crippen molar-refractivity contribution in [2.24, 2.45) is 0 Å². The molecule has 1 N–H and O–H groups in total. The van der Waals surface area contributed by atoms with Gasteiger partial charge in [0.15, 0.2) is 0 Å². The van der Waals surface area contributed by atoms with E-state index in [1.54, 1.807) is 0 Å². The third-order valence-corrected chi connectivity index (χ3v) is 2.44. The van der Waals surface area contributed by atoms with E-state index in [-0.39, 0.29) is 0 Å². The minimum Gasteiger partial charge on any atom is -0.346 e. The lowest BCUT2D eigenvalue weighted by molar-refractivity contribution is 0.655. The summed E-state index contributed by atoms with van der Waals surface area (Å²) >= 11 is 0. The van der Waals surface area contributed by atoms with Crippen LogP contribution in [-0.4, -0.2) is 9.97 Å². The number of aryl methyl sites for hydroxylation is 3. The number of unbranched alkanes of at least 4 members (excludes halogenated alkanes) is 3. The van der Waals surface area contributed by atoms with Gasteiger partial charge in [0, 0.05) is 12.1 Å². The molecule has 0 aliphatic carbocycles. The maximum Gasteiger partial charge on any atom is 0.106 e. The van der Waals surface area contributed by atoms with Gasteiger partial charge in [-0.05, 0) is 20.3 Å². The van der Waals surface area contributed by atoms with Crippen molar-refractivity contribution in [2.75, 3.05) is 0 Å². The van der Waals surface area contributed by atoms with Crippen LogP contribution in [0.25, 0.3) is 0 Å². The molecular formula is C11H20N2. The van der Waals surface area contributed by atoms with Gasteiger partial charge < -0.3 is 4.98 Å². The average Bonchev–Trinajstić information content (AvgIpc) is 2.41. The Balaban J connectivity index is 2.29. The van der Waals surface area contributed by atoms with E-state index in [1.165, 1.54) is 31.4 Å². The van der Waals surface area contributed by atoms with Crippen molar-refractivity contribution in [1.82, 2.24) is 9.97 Å². The molecule has 13 heavy (non-hydrogen) atoms. The van der Waals surface area contributed by atoms with Gasteiger partial charge in [-0.3, -0.25) is 0 Å². The van der Waals surface area contributed by atoms with Crippen LogP contribution in [0.1, 0.15) is 49.8 Å². The standard InChI is InChI=1S/C11H20N2/c1-4-5-6-7-8-11-12-9(2)10(3)13-11/h4-8H2,1-3H3,(H,12,13). The molecule has 1 rings (SSSR count). The van der Waals surface area contributed by atoms with Crippen molar-refractivity contribution in [3.05, 3.63) is 17.2 Å². The van der Waals surface area contributed by atoms with Crippen molar-refractivity contribution in [3.63, 3.8) is 0 Å². The third-order valence-electron chi connectivity index (χ3n) is 2.44. The van der Waals surface area contributed by atoms with Crippen molar-refractivity contribution in [1.29, 1.82) is 0 Å². The van der Waals surface area contributed by atoms with Crippen molar-refractivity contribution < 1.29 is 0 Å². The quantitative estimate of drug-likeness (QED) is 0.693. The fourth-order valence-electron chi connectivity index (χ4n) is 1.46. The maximum atomic E-state index is 4.45. The highest BCUT2D eigenvalue weighted by Crippen LogP contribution is 2.07. The Kier molecular flexibility index (Phi) is 4.00. The van der Waals surface area contributed by atoms with Crippen LogP contribution in [0.3, 0.4) is 0 Å². The summed E-state index contributed by atoms with van der Waals surface area (Å²) in [7, 11) is 0. The van der Waals surface area contributed by atoms with Gasteiger partial charge in [0.2, 0.25) is 0 Å². The average molecular weight is 180 g/mol. The van der Waals surface area contributed by atoms with E-state index in [0.717, 1.165) is 17.9 Å². The Morgan fingerprint density at radius 1 is 1.15 bits per heavy atom. The molecule has 2 heteroatoms. The summed E-state index contributed by atoms with van der Waals surface area (Å²) in [6, 6.07) is 0. The number of imidazole rings is 1. The van der Waals surface area contributed by atoms with Crippen LogP contribution in [0.5, 0.6) is 0 Å². The normalized spacial score (nSPS) is 10.7. The number of aromatic amines is 1. The minimum atomic E-state index is 1.11. The molecule has 0 saturated heterocycles. The molecule has 0 radical (unpaired) electrons.